The fraction of sp³-hybridized carbons (Fsp3) is 0.300. The van der Waals surface area contributed by atoms with Crippen LogP contribution in [0.3, 0.4) is 0 Å². The van der Waals surface area contributed by atoms with Gasteiger partial charge in [0.15, 0.2) is 17.3 Å². The molecule has 3 aromatic carbocycles. The summed E-state index contributed by atoms with van der Waals surface area (Å²) in [6.45, 7) is 0.974. The molecule has 230 valence electrons. The van der Waals surface area contributed by atoms with Crippen LogP contribution < -0.4 is 10.1 Å². The summed E-state index contributed by atoms with van der Waals surface area (Å²) >= 11 is 0. The lowest BCUT2D eigenvalue weighted by atomic mass is 10.1. The van der Waals surface area contributed by atoms with Crippen LogP contribution in [0.2, 0.25) is 0 Å². The fourth-order valence-corrected chi connectivity index (χ4v) is 4.54. The maximum Gasteiger partial charge on any atom is 0.416 e. The first kappa shape index (κ1) is 31.4. The number of aliphatic carboxylic acids is 1. The highest BCUT2D eigenvalue weighted by atomic mass is 19.4. The molecule has 1 atom stereocenters. The average molecular weight is 608 g/mol. The van der Waals surface area contributed by atoms with Gasteiger partial charge in [-0.25, -0.2) is 8.78 Å². The zero-order chi connectivity index (χ0) is 31.1. The van der Waals surface area contributed by atoms with Crippen molar-refractivity contribution in [3.63, 3.8) is 0 Å². The minimum atomic E-state index is -4.85. The summed E-state index contributed by atoms with van der Waals surface area (Å²) in [6, 6.07) is 15.5. The lowest BCUT2D eigenvalue weighted by Gasteiger charge is -2.22. The van der Waals surface area contributed by atoms with E-state index in [4.69, 9.17) is 19.0 Å². The van der Waals surface area contributed by atoms with E-state index in [1.807, 2.05) is 18.2 Å². The molecule has 1 aromatic heterocycles. The lowest BCUT2D eigenvalue weighted by molar-refractivity contribution is -0.139. The summed E-state index contributed by atoms with van der Waals surface area (Å²) in [5.74, 6) is -3.02. The molecule has 0 bridgehead atoms. The molecule has 8 nitrogen and oxygen atoms in total. The quantitative estimate of drug-likeness (QED) is 0.132. The van der Waals surface area contributed by atoms with Crippen molar-refractivity contribution < 1.29 is 45.7 Å². The van der Waals surface area contributed by atoms with Gasteiger partial charge in [-0.1, -0.05) is 42.5 Å². The zero-order valence-corrected chi connectivity index (χ0v) is 23.3. The summed E-state index contributed by atoms with van der Waals surface area (Å²) in [4.78, 5) is 11.9. The number of rotatable bonds is 12. The molecule has 2 N–H and O–H groups in total. The summed E-state index contributed by atoms with van der Waals surface area (Å²) in [6.07, 6.45) is -4.59. The number of carboxylic acids is 1. The van der Waals surface area contributed by atoms with Crippen LogP contribution in [-0.4, -0.2) is 34.4 Å². The van der Waals surface area contributed by atoms with Crippen LogP contribution in [0.1, 0.15) is 41.3 Å². The van der Waals surface area contributed by atoms with Crippen molar-refractivity contribution in [2.45, 2.75) is 45.1 Å². The second-order valence-electron chi connectivity index (χ2n) is 9.64. The second kappa shape index (κ2) is 13.6. The number of aromatic nitrogens is 2. The van der Waals surface area contributed by atoms with Crippen molar-refractivity contribution in [2.75, 3.05) is 13.7 Å². The van der Waals surface area contributed by atoms with E-state index in [2.05, 4.69) is 5.32 Å². The Hall–Kier alpha value is -4.52. The molecule has 4 aromatic rings. The summed E-state index contributed by atoms with van der Waals surface area (Å²) in [5, 5.41) is 12.2. The number of methoxy groups -OCH3 is 1. The number of nitrogens with zero attached hydrogens (tertiary/aromatic N) is 2. The highest BCUT2D eigenvalue weighted by Gasteiger charge is 2.35. The number of halogens is 5. The Bertz CT molecular complexity index is 1580. The van der Waals surface area contributed by atoms with Crippen molar-refractivity contribution in [3.05, 3.63) is 101 Å². The third-order valence-corrected chi connectivity index (χ3v) is 6.73. The Morgan fingerprint density at radius 2 is 1.77 bits per heavy atom. The Labute approximate surface area is 243 Å². The van der Waals surface area contributed by atoms with E-state index in [1.165, 1.54) is 32.2 Å². The molecule has 0 saturated carbocycles. The van der Waals surface area contributed by atoms with E-state index in [0.29, 0.717) is 13.0 Å². The van der Waals surface area contributed by atoms with Crippen molar-refractivity contribution in [1.29, 1.82) is 0 Å². The van der Waals surface area contributed by atoms with Gasteiger partial charge in [0, 0.05) is 12.0 Å². The van der Waals surface area contributed by atoms with Crippen molar-refractivity contribution in [2.24, 2.45) is 0 Å². The fourth-order valence-electron chi connectivity index (χ4n) is 4.54. The van der Waals surface area contributed by atoms with Crippen LogP contribution in [0.15, 0.2) is 75.9 Å². The number of hydrogen-bond donors (Lipinski definition) is 2. The van der Waals surface area contributed by atoms with Crippen LogP contribution in [0.5, 0.6) is 5.75 Å². The summed E-state index contributed by atoms with van der Waals surface area (Å²) in [7, 11) is 1.28. The molecule has 0 fully saturated rings. The van der Waals surface area contributed by atoms with Gasteiger partial charge in [-0.3, -0.25) is 9.42 Å². The van der Waals surface area contributed by atoms with Gasteiger partial charge in [0.1, 0.15) is 12.4 Å². The van der Waals surface area contributed by atoms with Gasteiger partial charge in [-0.2, -0.15) is 17.9 Å². The Balaban J connectivity index is 1.83. The van der Waals surface area contributed by atoms with Crippen LogP contribution in [0.25, 0.3) is 11.3 Å². The first-order valence-electron chi connectivity index (χ1n) is 13.3. The van der Waals surface area contributed by atoms with E-state index in [0.717, 1.165) is 33.4 Å². The van der Waals surface area contributed by atoms with Crippen LogP contribution in [-0.2, 0) is 24.1 Å². The molecule has 0 saturated heterocycles. The SMILES string of the molecule is COc1cccc(-c2on(CC(NCCCC(=O)O)c3ccccc3)on(Cc3c(F)cccc3C(F)(F)F)c2C)c1F. The van der Waals surface area contributed by atoms with E-state index < -0.39 is 47.5 Å². The van der Waals surface area contributed by atoms with Gasteiger partial charge in [0.25, 0.3) is 0 Å². The number of nitrogens with one attached hydrogen (secondary N) is 1. The molecule has 0 amide bonds. The minimum absolute atomic E-state index is 0.0644. The van der Waals surface area contributed by atoms with Gasteiger partial charge in [-0.05, 0) is 54.6 Å². The van der Waals surface area contributed by atoms with E-state index in [-0.39, 0.29) is 35.7 Å². The minimum Gasteiger partial charge on any atom is -0.494 e. The third kappa shape index (κ3) is 7.66. The maximum atomic E-state index is 15.4. The molecule has 13 heteroatoms. The first-order valence-corrected chi connectivity index (χ1v) is 13.3. The van der Waals surface area contributed by atoms with Crippen LogP contribution >= 0.6 is 0 Å². The summed E-state index contributed by atoms with van der Waals surface area (Å²) < 4.78 is 89.6. The molecule has 1 unspecified atom stereocenters. The highest BCUT2D eigenvalue weighted by molar-refractivity contribution is 5.66. The van der Waals surface area contributed by atoms with Gasteiger partial charge < -0.3 is 19.7 Å². The number of carboxylic acid groups (broad SMARTS) is 1. The Morgan fingerprint density at radius 3 is 2.44 bits per heavy atom. The lowest BCUT2D eigenvalue weighted by Crippen LogP contribution is -2.28. The van der Waals surface area contributed by atoms with Crippen LogP contribution in [0.4, 0.5) is 22.0 Å². The molecule has 4 rings (SSSR count). The summed E-state index contributed by atoms with van der Waals surface area (Å²) in [5.41, 5.74) is -1.08. The molecule has 1 heterocycles. The van der Waals surface area contributed by atoms with Crippen LogP contribution in [0, 0.1) is 18.6 Å². The number of alkyl halides is 3. The highest BCUT2D eigenvalue weighted by Crippen LogP contribution is 2.35. The topological polar surface area (TPSA) is 94.7 Å². The molecule has 0 radical (unpaired) electrons. The molecule has 0 aliphatic carbocycles. The number of ether oxygens (including phenoxy) is 1. The molecule has 0 spiro atoms. The van der Waals surface area contributed by atoms with E-state index in [1.54, 1.807) is 12.1 Å². The standard InChI is InChI=1S/C30H30F5N3O5/c1-19-29(21-11-6-14-26(41-2)28(21)32)42-38(18-25(20-9-4-3-5-10-20)36-16-8-15-27(39)40)43-37(19)17-22-23(30(33,34)35)12-7-13-24(22)31/h3-7,9-14,25,36H,8,15-18H2,1-2H3,(H,39,40). The van der Waals surface area contributed by atoms with Gasteiger partial charge >= 0.3 is 12.1 Å². The normalized spacial score (nSPS) is 12.3. The molecule has 43 heavy (non-hydrogen) atoms. The molecular weight excluding hydrogens is 577 g/mol. The van der Waals surface area contributed by atoms with Gasteiger partial charge in [0.05, 0.1) is 36.5 Å². The predicted octanol–water partition coefficient (Wildman–Crippen LogP) is 7.13. The van der Waals surface area contributed by atoms with Crippen molar-refractivity contribution in [3.8, 4) is 17.1 Å². The van der Waals surface area contributed by atoms with E-state index >= 15 is 4.39 Å². The smallest absolute Gasteiger partial charge is 0.416 e. The monoisotopic (exact) mass is 607 g/mol. The predicted molar refractivity (Wildman–Crippen MR) is 146 cm³/mol. The zero-order valence-electron chi connectivity index (χ0n) is 23.3. The average Bonchev–Trinajstić information content (AvgIpc) is 2.97. The van der Waals surface area contributed by atoms with E-state index in [9.17, 15) is 22.4 Å². The Morgan fingerprint density at radius 1 is 1.05 bits per heavy atom. The number of benzene rings is 3. The number of hydrogen-bond acceptors (Lipinski definition) is 5. The Kier molecular flexibility index (Phi) is 9.96. The molecule has 0 aliphatic heterocycles. The molecule has 0 aliphatic rings. The van der Waals surface area contributed by atoms with Gasteiger partial charge in [-0.15, -0.1) is 0 Å². The largest absolute Gasteiger partial charge is 0.494 e. The van der Waals surface area contributed by atoms with Crippen molar-refractivity contribution >= 4 is 5.97 Å². The third-order valence-electron chi connectivity index (χ3n) is 6.73. The first-order chi connectivity index (χ1) is 20.5. The second-order valence-corrected chi connectivity index (χ2v) is 9.64. The maximum absolute atomic E-state index is 15.4. The molecular formula is C30H30F5N3O5. The van der Waals surface area contributed by atoms with Crippen molar-refractivity contribution in [1.82, 2.24) is 15.0 Å². The van der Waals surface area contributed by atoms with Gasteiger partial charge in [0.2, 0.25) is 0 Å². The number of carbonyl (C=O) groups is 1.